The van der Waals surface area contributed by atoms with Crippen LogP contribution in [0.4, 0.5) is 13.2 Å². The average Bonchev–Trinajstić information content (AvgIpc) is 2.42. The van der Waals surface area contributed by atoms with E-state index in [0.717, 1.165) is 5.56 Å². The summed E-state index contributed by atoms with van der Waals surface area (Å²) >= 11 is 0. The van der Waals surface area contributed by atoms with Crippen LogP contribution < -0.4 is 14.8 Å². The van der Waals surface area contributed by atoms with Crippen molar-refractivity contribution in [3.05, 3.63) is 17.7 Å². The van der Waals surface area contributed by atoms with Gasteiger partial charge in [0.2, 0.25) is 5.75 Å². The molecule has 0 unspecified atom stereocenters. The lowest BCUT2D eigenvalue weighted by Crippen LogP contribution is -2.23. The number of hydrogen-bond acceptors (Lipinski definition) is 5. The first-order valence-electron chi connectivity index (χ1n) is 6.16. The quantitative estimate of drug-likeness (QED) is 0.720. The monoisotopic (exact) mass is 309 g/mol. The molecule has 0 aliphatic heterocycles. The van der Waals surface area contributed by atoms with Crippen LogP contribution in [0, 0.1) is 0 Å². The van der Waals surface area contributed by atoms with E-state index in [9.17, 15) is 18.3 Å². The number of aromatic hydroxyl groups is 1. The third-order valence-electron chi connectivity index (χ3n) is 2.56. The molecule has 0 aliphatic rings. The Morgan fingerprint density at radius 3 is 2.19 bits per heavy atom. The van der Waals surface area contributed by atoms with Crippen molar-refractivity contribution in [2.75, 3.05) is 34.0 Å². The molecule has 2 N–H and O–H groups in total. The molecule has 0 bridgehead atoms. The van der Waals surface area contributed by atoms with E-state index in [1.807, 2.05) is 0 Å². The average molecular weight is 309 g/mol. The number of phenols is 1. The van der Waals surface area contributed by atoms with E-state index in [1.54, 1.807) is 12.1 Å². The van der Waals surface area contributed by atoms with Gasteiger partial charge in [-0.05, 0) is 17.7 Å². The predicted molar refractivity (Wildman–Crippen MR) is 69.8 cm³/mol. The molecule has 0 aromatic heterocycles. The lowest BCUT2D eigenvalue weighted by Gasteiger charge is -2.12. The molecule has 0 atom stereocenters. The standard InChI is InChI=1S/C13H18F3NO4/c1-19-10-5-9(6-11(20-2)12(10)18)7-17-3-4-21-8-13(14,15)16/h5-6,17-18H,3-4,7-8H2,1-2H3. The molecule has 0 saturated heterocycles. The van der Waals surface area contributed by atoms with Gasteiger partial charge in [-0.3, -0.25) is 0 Å². The summed E-state index contributed by atoms with van der Waals surface area (Å²) in [5, 5.41) is 12.7. The Kier molecular flexibility index (Phi) is 6.57. The number of nitrogens with one attached hydrogen (secondary N) is 1. The van der Waals surface area contributed by atoms with Crippen LogP contribution in [-0.4, -0.2) is 45.3 Å². The van der Waals surface area contributed by atoms with Gasteiger partial charge in [-0.1, -0.05) is 0 Å². The maximum atomic E-state index is 11.8. The Labute approximate surface area is 120 Å². The minimum absolute atomic E-state index is 0.0497. The SMILES string of the molecule is COc1cc(CNCCOCC(F)(F)F)cc(OC)c1O. The highest BCUT2D eigenvalue weighted by Gasteiger charge is 2.27. The number of rotatable bonds is 8. The second kappa shape index (κ2) is 7.94. The van der Waals surface area contributed by atoms with Crippen LogP contribution in [0.25, 0.3) is 0 Å². The summed E-state index contributed by atoms with van der Waals surface area (Å²) in [6.07, 6.45) is -4.31. The van der Waals surface area contributed by atoms with E-state index in [1.165, 1.54) is 14.2 Å². The van der Waals surface area contributed by atoms with Crippen LogP contribution in [0.5, 0.6) is 17.2 Å². The summed E-state index contributed by atoms with van der Waals surface area (Å²) in [6, 6.07) is 3.23. The summed E-state index contributed by atoms with van der Waals surface area (Å²) in [7, 11) is 2.83. The van der Waals surface area contributed by atoms with Crippen molar-refractivity contribution in [1.82, 2.24) is 5.32 Å². The van der Waals surface area contributed by atoms with E-state index >= 15 is 0 Å². The molecule has 0 saturated carbocycles. The van der Waals surface area contributed by atoms with Gasteiger partial charge in [-0.15, -0.1) is 0 Å². The van der Waals surface area contributed by atoms with Crippen LogP contribution in [0.3, 0.4) is 0 Å². The van der Waals surface area contributed by atoms with Crippen molar-refractivity contribution in [3.8, 4) is 17.2 Å². The minimum atomic E-state index is -4.31. The fraction of sp³-hybridized carbons (Fsp3) is 0.538. The lowest BCUT2D eigenvalue weighted by atomic mass is 10.2. The maximum absolute atomic E-state index is 11.8. The number of methoxy groups -OCH3 is 2. The van der Waals surface area contributed by atoms with Gasteiger partial charge in [-0.25, -0.2) is 0 Å². The van der Waals surface area contributed by atoms with E-state index in [-0.39, 0.29) is 30.4 Å². The highest BCUT2D eigenvalue weighted by molar-refractivity contribution is 5.52. The molecule has 0 spiro atoms. The molecule has 120 valence electrons. The summed E-state index contributed by atoms with van der Waals surface area (Å²) in [6.45, 7) is -0.661. The first-order chi connectivity index (χ1) is 9.87. The number of halogens is 3. The van der Waals surface area contributed by atoms with Crippen LogP contribution in [-0.2, 0) is 11.3 Å². The highest BCUT2D eigenvalue weighted by atomic mass is 19.4. The molecule has 1 aromatic carbocycles. The maximum Gasteiger partial charge on any atom is 0.411 e. The number of phenolic OH excluding ortho intramolecular Hbond substituents is 1. The molecule has 8 heteroatoms. The van der Waals surface area contributed by atoms with Crippen molar-refractivity contribution in [1.29, 1.82) is 0 Å². The van der Waals surface area contributed by atoms with E-state index in [4.69, 9.17) is 9.47 Å². The molecular formula is C13H18F3NO4. The third kappa shape index (κ3) is 6.09. The van der Waals surface area contributed by atoms with Gasteiger partial charge in [0.15, 0.2) is 11.5 Å². The zero-order valence-corrected chi connectivity index (χ0v) is 11.8. The van der Waals surface area contributed by atoms with Crippen molar-refractivity contribution in [3.63, 3.8) is 0 Å². The van der Waals surface area contributed by atoms with Crippen LogP contribution in [0.1, 0.15) is 5.56 Å². The van der Waals surface area contributed by atoms with Gasteiger partial charge in [-0.2, -0.15) is 13.2 Å². The van der Waals surface area contributed by atoms with E-state index < -0.39 is 12.8 Å². The summed E-state index contributed by atoms with van der Waals surface area (Å²) in [5.74, 6) is 0.427. The Hall–Kier alpha value is -1.67. The van der Waals surface area contributed by atoms with Crippen molar-refractivity contribution in [2.45, 2.75) is 12.7 Å². The fourth-order valence-electron chi connectivity index (χ4n) is 1.61. The Morgan fingerprint density at radius 1 is 1.14 bits per heavy atom. The van der Waals surface area contributed by atoms with Gasteiger partial charge in [0.25, 0.3) is 0 Å². The van der Waals surface area contributed by atoms with Gasteiger partial charge >= 0.3 is 6.18 Å². The Morgan fingerprint density at radius 2 is 1.71 bits per heavy atom. The summed E-state index contributed by atoms with van der Waals surface area (Å²) < 4.78 is 50.0. The zero-order valence-electron chi connectivity index (χ0n) is 11.8. The first kappa shape index (κ1) is 17.4. The van der Waals surface area contributed by atoms with Crippen LogP contribution in [0.2, 0.25) is 0 Å². The zero-order chi connectivity index (χ0) is 15.9. The fourth-order valence-corrected chi connectivity index (χ4v) is 1.61. The topological polar surface area (TPSA) is 60.0 Å². The molecule has 0 radical (unpaired) electrons. The second-order valence-corrected chi connectivity index (χ2v) is 4.19. The number of hydrogen-bond donors (Lipinski definition) is 2. The summed E-state index contributed by atoms with van der Waals surface area (Å²) in [4.78, 5) is 0. The number of benzene rings is 1. The smallest absolute Gasteiger partial charge is 0.411 e. The molecule has 0 heterocycles. The first-order valence-corrected chi connectivity index (χ1v) is 6.16. The van der Waals surface area contributed by atoms with Crippen molar-refractivity contribution >= 4 is 0 Å². The molecular weight excluding hydrogens is 291 g/mol. The van der Waals surface area contributed by atoms with Gasteiger partial charge in [0.1, 0.15) is 6.61 Å². The highest BCUT2D eigenvalue weighted by Crippen LogP contribution is 2.36. The predicted octanol–water partition coefficient (Wildman–Crippen LogP) is 2.08. The number of ether oxygens (including phenoxy) is 3. The van der Waals surface area contributed by atoms with E-state index in [0.29, 0.717) is 6.54 Å². The molecule has 1 aromatic rings. The minimum Gasteiger partial charge on any atom is -0.502 e. The van der Waals surface area contributed by atoms with Gasteiger partial charge in [0, 0.05) is 13.1 Å². The van der Waals surface area contributed by atoms with Gasteiger partial charge in [0.05, 0.1) is 20.8 Å². The molecule has 1 rings (SSSR count). The molecule has 5 nitrogen and oxygen atoms in total. The second-order valence-electron chi connectivity index (χ2n) is 4.19. The van der Waals surface area contributed by atoms with Gasteiger partial charge < -0.3 is 24.6 Å². The molecule has 0 aliphatic carbocycles. The molecule has 0 fully saturated rings. The summed E-state index contributed by atoms with van der Waals surface area (Å²) in [5.41, 5.74) is 0.761. The Balaban J connectivity index is 2.42. The third-order valence-corrected chi connectivity index (χ3v) is 2.56. The number of alkyl halides is 3. The lowest BCUT2D eigenvalue weighted by molar-refractivity contribution is -0.173. The van der Waals surface area contributed by atoms with Crippen molar-refractivity contribution < 1.29 is 32.5 Å². The molecule has 21 heavy (non-hydrogen) atoms. The normalized spacial score (nSPS) is 11.5. The van der Waals surface area contributed by atoms with Crippen LogP contribution >= 0.6 is 0 Å². The van der Waals surface area contributed by atoms with Crippen LogP contribution in [0.15, 0.2) is 12.1 Å². The van der Waals surface area contributed by atoms with E-state index in [2.05, 4.69) is 10.1 Å². The molecule has 0 amide bonds. The van der Waals surface area contributed by atoms with Crippen molar-refractivity contribution in [2.24, 2.45) is 0 Å². The Bertz CT molecular complexity index is 427. The largest absolute Gasteiger partial charge is 0.502 e.